The zero-order valence-electron chi connectivity index (χ0n) is 19.4. The number of hydrogen-bond donors (Lipinski definition) is 1. The number of anilines is 1. The second-order valence-electron chi connectivity index (χ2n) is 7.92. The Balaban J connectivity index is 1.39. The van der Waals surface area contributed by atoms with E-state index in [1.54, 1.807) is 24.3 Å². The first-order valence-corrected chi connectivity index (χ1v) is 11.2. The average molecular weight is 513 g/mol. The Bertz CT molecular complexity index is 1330. The number of hydrogen-bond acceptors (Lipinski definition) is 7. The zero-order chi connectivity index (χ0) is 26.3. The highest BCUT2D eigenvalue weighted by Crippen LogP contribution is 2.28. The number of rotatable bonds is 11. The number of aromatic nitrogens is 2. The molecule has 3 aromatic carbocycles. The number of ether oxygens (including phenoxy) is 2. The number of aliphatic carboxylic acids is 1. The van der Waals surface area contributed by atoms with Crippen molar-refractivity contribution in [2.24, 2.45) is 0 Å². The average Bonchev–Trinajstić information content (AvgIpc) is 3.32. The molecule has 0 bridgehead atoms. The third-order valence-corrected chi connectivity index (χ3v) is 5.10. The Morgan fingerprint density at radius 1 is 0.973 bits per heavy atom. The van der Waals surface area contributed by atoms with Crippen molar-refractivity contribution in [1.82, 2.24) is 10.1 Å². The monoisotopic (exact) mass is 513 g/mol. The lowest BCUT2D eigenvalue weighted by Crippen LogP contribution is -2.29. The second-order valence-corrected chi connectivity index (χ2v) is 7.92. The first kappa shape index (κ1) is 25.5. The molecule has 0 saturated heterocycles. The summed E-state index contributed by atoms with van der Waals surface area (Å²) in [5.41, 5.74) is 1.78. The number of benzene rings is 3. The van der Waals surface area contributed by atoms with Gasteiger partial charge < -0.3 is 24.0 Å². The van der Waals surface area contributed by atoms with Crippen molar-refractivity contribution in [3.8, 4) is 23.0 Å². The van der Waals surface area contributed by atoms with E-state index in [1.165, 1.54) is 17.0 Å². The summed E-state index contributed by atoms with van der Waals surface area (Å²) in [6.07, 6.45) is -4.45. The lowest BCUT2D eigenvalue weighted by atomic mass is 10.1. The fraction of sp³-hybridized carbons (Fsp3) is 0.192. The van der Waals surface area contributed by atoms with E-state index in [2.05, 4.69) is 14.9 Å². The van der Waals surface area contributed by atoms with Gasteiger partial charge in [-0.15, -0.1) is 13.2 Å². The quantitative estimate of drug-likeness (QED) is 0.287. The van der Waals surface area contributed by atoms with Crippen molar-refractivity contribution < 1.29 is 37.1 Å². The Morgan fingerprint density at radius 3 is 2.49 bits per heavy atom. The fourth-order valence-corrected chi connectivity index (χ4v) is 3.55. The molecule has 4 aromatic rings. The molecule has 8 nitrogen and oxygen atoms in total. The molecule has 0 unspecified atom stereocenters. The van der Waals surface area contributed by atoms with Gasteiger partial charge in [0.05, 0.1) is 6.61 Å². The number of alkyl halides is 3. The molecule has 37 heavy (non-hydrogen) atoms. The fourth-order valence-electron chi connectivity index (χ4n) is 3.55. The summed E-state index contributed by atoms with van der Waals surface area (Å²) in [6.45, 7) is -0.0424. The van der Waals surface area contributed by atoms with Gasteiger partial charge in [-0.3, -0.25) is 4.79 Å². The molecule has 0 fully saturated rings. The summed E-state index contributed by atoms with van der Waals surface area (Å²) in [7, 11) is 0. The predicted molar refractivity (Wildman–Crippen MR) is 127 cm³/mol. The highest BCUT2D eigenvalue weighted by Gasteiger charge is 2.31. The van der Waals surface area contributed by atoms with Crippen LogP contribution in [0.1, 0.15) is 11.4 Å². The van der Waals surface area contributed by atoms with E-state index in [0.717, 1.165) is 17.7 Å². The summed E-state index contributed by atoms with van der Waals surface area (Å²) in [4.78, 5) is 17.2. The van der Waals surface area contributed by atoms with Crippen LogP contribution >= 0.6 is 0 Å². The van der Waals surface area contributed by atoms with E-state index in [1.807, 2.05) is 30.3 Å². The van der Waals surface area contributed by atoms with Crippen LogP contribution in [0.25, 0.3) is 11.5 Å². The lowest BCUT2D eigenvalue weighted by Gasteiger charge is -2.24. The summed E-state index contributed by atoms with van der Waals surface area (Å²) in [6, 6.07) is 21.5. The molecule has 4 rings (SSSR count). The van der Waals surface area contributed by atoms with Crippen molar-refractivity contribution in [1.29, 1.82) is 0 Å². The molecule has 0 aliphatic carbocycles. The van der Waals surface area contributed by atoms with Crippen LogP contribution in [-0.2, 0) is 17.8 Å². The van der Waals surface area contributed by atoms with Crippen LogP contribution in [0.2, 0.25) is 0 Å². The van der Waals surface area contributed by atoms with Crippen molar-refractivity contribution >= 4 is 11.7 Å². The second kappa shape index (κ2) is 11.5. The topological polar surface area (TPSA) is 97.9 Å². The van der Waals surface area contributed by atoms with Gasteiger partial charge in [-0.2, -0.15) is 4.98 Å². The Hall–Kier alpha value is -4.54. The molecule has 11 heteroatoms. The standard InChI is InChI=1S/C26H22F3N3O5/c27-26(28,29)36-22-11-5-9-20(15-22)32(17-24(33)34)16-18-6-4-10-21(14-18)35-13-12-23-30-25(37-31-23)19-7-2-1-3-8-19/h1-11,14-15H,12-13,16-17H2,(H,33,34). The van der Waals surface area contributed by atoms with Crippen LogP contribution < -0.4 is 14.4 Å². The molecule has 1 N–H and O–H groups in total. The van der Waals surface area contributed by atoms with Crippen LogP contribution in [0.15, 0.2) is 83.4 Å². The van der Waals surface area contributed by atoms with Crippen LogP contribution in [-0.4, -0.2) is 40.7 Å². The molecule has 0 aliphatic rings. The number of carboxylic acids is 1. The van der Waals surface area contributed by atoms with Crippen LogP contribution in [0.3, 0.4) is 0 Å². The van der Waals surface area contributed by atoms with Gasteiger partial charge in [0.15, 0.2) is 5.82 Å². The van der Waals surface area contributed by atoms with Crippen LogP contribution in [0.5, 0.6) is 11.5 Å². The van der Waals surface area contributed by atoms with Crippen LogP contribution in [0.4, 0.5) is 18.9 Å². The summed E-state index contributed by atoms with van der Waals surface area (Å²) >= 11 is 0. The summed E-state index contributed by atoms with van der Waals surface area (Å²) in [5.74, 6) is -0.128. The number of nitrogens with zero attached hydrogens (tertiary/aromatic N) is 3. The third kappa shape index (κ3) is 7.72. The number of carbonyl (C=O) groups is 1. The van der Waals surface area contributed by atoms with Gasteiger partial charge in [0.2, 0.25) is 0 Å². The normalized spacial score (nSPS) is 11.2. The van der Waals surface area contributed by atoms with Gasteiger partial charge in [0.1, 0.15) is 18.0 Å². The summed E-state index contributed by atoms with van der Waals surface area (Å²) < 4.78 is 52.9. The maximum absolute atomic E-state index is 12.6. The predicted octanol–water partition coefficient (Wildman–Crippen LogP) is 5.35. The first-order chi connectivity index (χ1) is 17.7. The molecule has 0 radical (unpaired) electrons. The molecular weight excluding hydrogens is 491 g/mol. The van der Waals surface area contributed by atoms with E-state index < -0.39 is 24.6 Å². The van der Waals surface area contributed by atoms with E-state index in [9.17, 15) is 23.1 Å². The largest absolute Gasteiger partial charge is 0.573 e. The number of carboxylic acid groups (broad SMARTS) is 1. The lowest BCUT2D eigenvalue weighted by molar-refractivity contribution is -0.274. The van der Waals surface area contributed by atoms with Gasteiger partial charge in [-0.25, -0.2) is 0 Å². The van der Waals surface area contributed by atoms with Gasteiger partial charge in [-0.05, 0) is 42.0 Å². The Kier molecular flexibility index (Phi) is 7.92. The van der Waals surface area contributed by atoms with E-state index in [4.69, 9.17) is 9.26 Å². The molecule has 1 aromatic heterocycles. The van der Waals surface area contributed by atoms with Crippen LogP contribution in [0, 0.1) is 0 Å². The molecular formula is C26H22F3N3O5. The smallest absolute Gasteiger partial charge is 0.493 e. The zero-order valence-corrected chi connectivity index (χ0v) is 19.4. The molecule has 0 aliphatic heterocycles. The molecule has 192 valence electrons. The highest BCUT2D eigenvalue weighted by atomic mass is 19.4. The van der Waals surface area contributed by atoms with Gasteiger partial charge in [-0.1, -0.05) is 41.6 Å². The number of halogens is 3. The molecule has 0 atom stereocenters. The SMILES string of the molecule is O=C(O)CN(Cc1cccc(OCCc2noc(-c3ccccc3)n2)c1)c1cccc(OC(F)(F)F)c1. The summed E-state index contributed by atoms with van der Waals surface area (Å²) in [5, 5.41) is 13.3. The molecule has 0 spiro atoms. The van der Waals surface area contributed by atoms with Gasteiger partial charge in [0, 0.05) is 30.3 Å². The molecule has 1 heterocycles. The maximum Gasteiger partial charge on any atom is 0.573 e. The van der Waals surface area contributed by atoms with Crippen molar-refractivity contribution in [2.75, 3.05) is 18.1 Å². The van der Waals surface area contributed by atoms with E-state index in [-0.39, 0.29) is 18.8 Å². The van der Waals surface area contributed by atoms with Crippen molar-refractivity contribution in [3.05, 3.63) is 90.3 Å². The van der Waals surface area contributed by atoms with Gasteiger partial charge in [0.25, 0.3) is 5.89 Å². The molecule has 0 saturated carbocycles. The minimum absolute atomic E-state index is 0.115. The Morgan fingerprint density at radius 2 is 1.73 bits per heavy atom. The highest BCUT2D eigenvalue weighted by molar-refractivity contribution is 5.74. The van der Waals surface area contributed by atoms with Crippen molar-refractivity contribution in [3.63, 3.8) is 0 Å². The minimum atomic E-state index is -4.85. The van der Waals surface area contributed by atoms with Crippen molar-refractivity contribution in [2.45, 2.75) is 19.3 Å². The Labute approximate surface area is 209 Å². The third-order valence-electron chi connectivity index (χ3n) is 5.10. The van der Waals surface area contributed by atoms with E-state index >= 15 is 0 Å². The first-order valence-electron chi connectivity index (χ1n) is 11.2. The maximum atomic E-state index is 12.6. The molecule has 0 amide bonds. The minimum Gasteiger partial charge on any atom is -0.493 e. The van der Waals surface area contributed by atoms with Gasteiger partial charge >= 0.3 is 12.3 Å². The van der Waals surface area contributed by atoms with E-state index in [0.29, 0.717) is 29.4 Å².